The van der Waals surface area contributed by atoms with Crippen LogP contribution in [0.3, 0.4) is 0 Å². The number of oxime groups is 1. The van der Waals surface area contributed by atoms with Gasteiger partial charge < -0.3 is 46.7 Å². The molecule has 0 aromatic rings. The Kier molecular flexibility index (Phi) is 18.0. The van der Waals surface area contributed by atoms with Gasteiger partial charge in [-0.3, -0.25) is 33.7 Å². The average Bonchev–Trinajstić information content (AvgIpc) is 3.25. The summed E-state index contributed by atoms with van der Waals surface area (Å²) in [6, 6.07) is -2.55. The zero-order valence-electron chi connectivity index (χ0n) is 23.9. The van der Waals surface area contributed by atoms with Gasteiger partial charge in [0.15, 0.2) is 0 Å². The highest BCUT2D eigenvalue weighted by molar-refractivity contribution is 8.00. The molecule has 4 amide bonds. The SMILES string of the molecule is NC(CCC(=O)N[C@@H](CSC1CC(=O)N(CCCCCCO/N=C/[C@H](O)C(O)[C@H](O)CF)C1=O)C(=O)NCC(=O)O)C(=O)O. The van der Waals surface area contributed by atoms with Crippen LogP contribution in [0.15, 0.2) is 5.16 Å². The smallest absolute Gasteiger partial charge is 0.322 e. The van der Waals surface area contributed by atoms with Crippen LogP contribution in [0.4, 0.5) is 4.39 Å². The number of aliphatic hydroxyl groups is 3. The van der Waals surface area contributed by atoms with Crippen molar-refractivity contribution in [3.8, 4) is 0 Å². The Labute approximate surface area is 256 Å². The number of aliphatic carboxylic acids is 2. The second-order valence-corrected chi connectivity index (χ2v) is 11.1. The number of carboxylic acid groups (broad SMARTS) is 2. The highest BCUT2D eigenvalue weighted by Crippen LogP contribution is 2.26. The van der Waals surface area contributed by atoms with Crippen LogP contribution >= 0.6 is 11.8 Å². The third-order valence-corrected chi connectivity index (χ3v) is 7.59. The first-order chi connectivity index (χ1) is 20.8. The fourth-order valence-corrected chi connectivity index (χ4v) is 4.92. The maximum absolute atomic E-state index is 12.8. The molecule has 250 valence electrons. The first-order valence-corrected chi connectivity index (χ1v) is 14.8. The third kappa shape index (κ3) is 14.4. The fraction of sp³-hybridized carbons (Fsp3) is 0.720. The zero-order chi connectivity index (χ0) is 33.2. The van der Waals surface area contributed by atoms with Crippen molar-refractivity contribution in [3.05, 3.63) is 0 Å². The summed E-state index contributed by atoms with van der Waals surface area (Å²) in [5.74, 6) is -5.17. The van der Waals surface area contributed by atoms with Gasteiger partial charge in [0.25, 0.3) is 0 Å². The van der Waals surface area contributed by atoms with E-state index >= 15 is 0 Å². The monoisotopic (exact) mass is 653 g/mol. The van der Waals surface area contributed by atoms with Crippen LogP contribution < -0.4 is 16.4 Å². The van der Waals surface area contributed by atoms with Crippen molar-refractivity contribution in [3.63, 3.8) is 0 Å². The molecule has 0 saturated carbocycles. The van der Waals surface area contributed by atoms with Crippen LogP contribution in [0.1, 0.15) is 44.9 Å². The van der Waals surface area contributed by atoms with E-state index in [-0.39, 0.29) is 38.2 Å². The maximum Gasteiger partial charge on any atom is 0.322 e. The summed E-state index contributed by atoms with van der Waals surface area (Å²) in [6.45, 7) is -1.62. The van der Waals surface area contributed by atoms with Gasteiger partial charge in [-0.2, -0.15) is 0 Å². The molecule has 1 heterocycles. The molecule has 19 heteroatoms. The molecular weight excluding hydrogens is 613 g/mol. The lowest BCUT2D eigenvalue weighted by Crippen LogP contribution is -2.50. The standard InChI is InChI=1S/C25H40FN5O12S/c26-10-16(32)22(38)17(33)11-29-43-8-4-2-1-3-7-31-20(35)9-18(24(31)40)44-13-15(23(39)28-12-21(36)37)30-19(34)6-5-14(27)25(41)42/h11,14-18,22,32-33,38H,1-10,12-13,27H2,(H,28,39)(H,30,34)(H,36,37)(H,41,42)/b29-11+/t14?,15-,16+,17-,18?,22?/m0/s1. The van der Waals surface area contributed by atoms with Crippen LogP contribution in [0.2, 0.25) is 0 Å². The number of nitrogens with two attached hydrogens (primary N) is 1. The number of thioether (sulfide) groups is 1. The summed E-state index contributed by atoms with van der Waals surface area (Å²) in [5.41, 5.74) is 5.38. The Balaban J connectivity index is 2.48. The number of aliphatic hydroxyl groups excluding tert-OH is 3. The number of nitrogens with one attached hydrogen (secondary N) is 2. The Bertz CT molecular complexity index is 1020. The number of carbonyl (C=O) groups is 6. The Morgan fingerprint density at radius 1 is 1.14 bits per heavy atom. The number of imide groups is 1. The van der Waals surface area contributed by atoms with Gasteiger partial charge in [0.05, 0.1) is 11.5 Å². The van der Waals surface area contributed by atoms with Gasteiger partial charge in [0.2, 0.25) is 23.6 Å². The summed E-state index contributed by atoms with van der Waals surface area (Å²) < 4.78 is 12.3. The van der Waals surface area contributed by atoms with Crippen molar-refractivity contribution >= 4 is 53.5 Å². The molecule has 0 aromatic heterocycles. The second-order valence-electron chi connectivity index (χ2n) is 9.83. The van der Waals surface area contributed by atoms with Gasteiger partial charge in [-0.1, -0.05) is 11.6 Å². The molecule has 9 N–H and O–H groups in total. The van der Waals surface area contributed by atoms with Crippen LogP contribution in [-0.4, -0.2) is 140 Å². The van der Waals surface area contributed by atoms with Crippen LogP contribution in [0.25, 0.3) is 0 Å². The second kappa shape index (κ2) is 20.5. The van der Waals surface area contributed by atoms with Crippen LogP contribution in [0, 0.1) is 0 Å². The van der Waals surface area contributed by atoms with E-state index in [2.05, 4.69) is 15.8 Å². The number of halogens is 1. The van der Waals surface area contributed by atoms with E-state index in [1.165, 1.54) is 0 Å². The molecule has 3 unspecified atom stereocenters. The third-order valence-electron chi connectivity index (χ3n) is 6.29. The van der Waals surface area contributed by atoms with E-state index < -0.39 is 84.4 Å². The number of likely N-dealkylation sites (tertiary alicyclic amines) is 1. The van der Waals surface area contributed by atoms with Crippen molar-refractivity contribution in [2.75, 3.05) is 32.1 Å². The maximum atomic E-state index is 12.8. The number of nitrogens with zero attached hydrogens (tertiary/aromatic N) is 2. The minimum atomic E-state index is -1.75. The van der Waals surface area contributed by atoms with E-state index in [0.717, 1.165) is 22.9 Å². The molecule has 0 aliphatic carbocycles. The minimum absolute atomic E-state index is 0.122. The molecule has 0 radical (unpaired) electrons. The summed E-state index contributed by atoms with van der Waals surface area (Å²) in [5, 5.41) is 52.9. The van der Waals surface area contributed by atoms with Crippen molar-refractivity contribution in [2.24, 2.45) is 10.9 Å². The Morgan fingerprint density at radius 3 is 2.45 bits per heavy atom. The molecule has 1 rings (SSSR count). The largest absolute Gasteiger partial charge is 0.480 e. The fourth-order valence-electron chi connectivity index (χ4n) is 3.73. The predicted molar refractivity (Wildman–Crippen MR) is 152 cm³/mol. The van der Waals surface area contributed by atoms with Crippen molar-refractivity contribution in [1.29, 1.82) is 0 Å². The van der Waals surface area contributed by atoms with Gasteiger partial charge in [0.1, 0.15) is 50.2 Å². The van der Waals surface area contributed by atoms with E-state index in [0.29, 0.717) is 25.7 Å². The number of hydrogen-bond donors (Lipinski definition) is 8. The van der Waals surface area contributed by atoms with Gasteiger partial charge in [-0.05, 0) is 25.7 Å². The highest BCUT2D eigenvalue weighted by atomic mass is 32.2. The number of carbonyl (C=O) groups excluding carboxylic acids is 4. The number of hydrogen-bond acceptors (Lipinski definition) is 13. The molecule has 1 aliphatic rings. The molecule has 0 spiro atoms. The zero-order valence-corrected chi connectivity index (χ0v) is 24.7. The molecule has 17 nitrogen and oxygen atoms in total. The van der Waals surface area contributed by atoms with Gasteiger partial charge >= 0.3 is 11.9 Å². The highest BCUT2D eigenvalue weighted by Gasteiger charge is 2.39. The summed E-state index contributed by atoms with van der Waals surface area (Å²) in [7, 11) is 0. The molecule has 1 fully saturated rings. The summed E-state index contributed by atoms with van der Waals surface area (Å²) in [4.78, 5) is 77.7. The van der Waals surface area contributed by atoms with Crippen molar-refractivity contribution in [2.45, 2.75) is 80.6 Å². The molecular formula is C25H40FN5O12S. The predicted octanol–water partition coefficient (Wildman–Crippen LogP) is -2.66. The number of alkyl halides is 1. The van der Waals surface area contributed by atoms with Gasteiger partial charge in [-0.25, -0.2) is 4.39 Å². The van der Waals surface area contributed by atoms with Crippen LogP contribution in [0.5, 0.6) is 0 Å². The number of rotatable bonds is 23. The lowest BCUT2D eigenvalue weighted by atomic mass is 10.1. The number of unbranched alkanes of at least 4 members (excludes halogenated alkanes) is 3. The topological polar surface area (TPSA) is 278 Å². The van der Waals surface area contributed by atoms with E-state index in [1.807, 2.05) is 0 Å². The normalized spacial score (nSPS) is 18.5. The van der Waals surface area contributed by atoms with Crippen LogP contribution in [-0.2, 0) is 33.6 Å². The molecule has 0 aromatic carbocycles. The first-order valence-electron chi connectivity index (χ1n) is 13.8. The van der Waals surface area contributed by atoms with Crippen molar-refractivity contribution in [1.82, 2.24) is 15.5 Å². The first kappa shape index (κ1) is 38.6. The van der Waals surface area contributed by atoms with E-state index in [4.69, 9.17) is 25.9 Å². The van der Waals surface area contributed by atoms with E-state index in [1.54, 1.807) is 0 Å². The average molecular weight is 654 g/mol. The molecule has 1 saturated heterocycles. The minimum Gasteiger partial charge on any atom is -0.480 e. The van der Waals surface area contributed by atoms with Crippen molar-refractivity contribution < 1.29 is 63.5 Å². The van der Waals surface area contributed by atoms with Gasteiger partial charge in [0, 0.05) is 25.1 Å². The summed E-state index contributed by atoms with van der Waals surface area (Å²) in [6.07, 6.45) is -2.56. The van der Waals surface area contributed by atoms with E-state index in [9.17, 15) is 43.4 Å². The molecule has 6 atom stereocenters. The molecule has 44 heavy (non-hydrogen) atoms. The Morgan fingerprint density at radius 2 is 1.82 bits per heavy atom. The quantitative estimate of drug-likeness (QED) is 0.0242. The number of carboxylic acids is 2. The van der Waals surface area contributed by atoms with Gasteiger partial charge in [-0.15, -0.1) is 11.8 Å². The molecule has 0 bridgehead atoms. The lowest BCUT2D eigenvalue weighted by Gasteiger charge is -2.20. The lowest BCUT2D eigenvalue weighted by molar-refractivity contribution is -0.140. The number of amides is 4. The molecule has 1 aliphatic heterocycles. The Hall–Kier alpha value is -3.39. The summed E-state index contributed by atoms with van der Waals surface area (Å²) >= 11 is 0.953.